The molecule has 2 amide bonds. The van der Waals surface area contributed by atoms with Crippen molar-refractivity contribution in [2.24, 2.45) is 12.8 Å². The number of hydrogen-bond acceptors (Lipinski definition) is 5. The number of thiophene rings is 1. The number of nitrogens with one attached hydrogen (secondary N) is 2. The lowest BCUT2D eigenvalue weighted by atomic mass is 10.2. The Kier molecular flexibility index (Phi) is 6.86. The second-order valence-corrected chi connectivity index (χ2v) is 6.54. The Morgan fingerprint density at radius 3 is 2.68 bits per heavy atom. The molecule has 2 aromatic rings. The number of aromatic nitrogens is 2. The molecule has 0 spiro atoms. The molecule has 0 aromatic carbocycles. The van der Waals surface area contributed by atoms with Crippen LogP contribution in [0.4, 0.5) is 8.78 Å². The van der Waals surface area contributed by atoms with Crippen LogP contribution >= 0.6 is 23.7 Å². The van der Waals surface area contributed by atoms with Crippen molar-refractivity contribution >= 4 is 45.8 Å². The molecule has 140 valence electrons. The average Bonchev–Trinajstić information content (AvgIpc) is 3.07. The molecule has 1 atom stereocenters. The zero-order valence-electron chi connectivity index (χ0n) is 13.9. The van der Waals surface area contributed by atoms with Gasteiger partial charge in [-0.2, -0.15) is 5.10 Å². The van der Waals surface area contributed by atoms with Gasteiger partial charge in [-0.1, -0.05) is 0 Å². The third-order valence-electron chi connectivity index (χ3n) is 3.48. The summed E-state index contributed by atoms with van der Waals surface area (Å²) in [5, 5.41) is 9.68. The second kappa shape index (κ2) is 8.07. The minimum Gasteiger partial charge on any atom is -0.348 e. The number of nitrogens with zero attached hydrogens (tertiary/aromatic N) is 2. The molecule has 1 unspecified atom stereocenters. The summed E-state index contributed by atoms with van der Waals surface area (Å²) in [5.74, 6) is -4.31. The predicted octanol–water partition coefficient (Wildman–Crippen LogP) is 1.19. The minimum atomic E-state index is -3.17. The number of aryl methyl sites for hydroxylation is 2. The summed E-state index contributed by atoms with van der Waals surface area (Å²) in [5.41, 5.74) is 5.70. The molecule has 7 nitrogen and oxygen atoms in total. The molecule has 2 rings (SSSR count). The maximum atomic E-state index is 13.0. The number of alkyl halides is 2. The van der Waals surface area contributed by atoms with Gasteiger partial charge in [0.2, 0.25) is 5.91 Å². The van der Waals surface area contributed by atoms with Gasteiger partial charge in [0.25, 0.3) is 11.8 Å². The van der Waals surface area contributed by atoms with Crippen LogP contribution in [-0.2, 0) is 11.8 Å². The van der Waals surface area contributed by atoms with Gasteiger partial charge < -0.3 is 16.4 Å². The lowest BCUT2D eigenvalue weighted by Gasteiger charge is -2.17. The zero-order chi connectivity index (χ0) is 18.1. The number of rotatable bonds is 6. The van der Waals surface area contributed by atoms with Gasteiger partial charge in [-0.25, -0.2) is 8.78 Å². The fourth-order valence-corrected chi connectivity index (χ4v) is 3.12. The molecule has 0 fully saturated rings. The molecule has 2 heterocycles. The van der Waals surface area contributed by atoms with E-state index in [1.54, 1.807) is 17.8 Å². The van der Waals surface area contributed by atoms with Crippen LogP contribution in [0.1, 0.15) is 22.3 Å². The molecule has 25 heavy (non-hydrogen) atoms. The topological polar surface area (TPSA) is 102 Å². The van der Waals surface area contributed by atoms with E-state index in [4.69, 9.17) is 5.73 Å². The fourth-order valence-electron chi connectivity index (χ4n) is 2.09. The lowest BCUT2D eigenvalue weighted by Crippen LogP contribution is -2.49. The zero-order valence-corrected chi connectivity index (χ0v) is 15.6. The van der Waals surface area contributed by atoms with E-state index in [0.29, 0.717) is 4.88 Å². The first-order valence-electron chi connectivity index (χ1n) is 7.24. The van der Waals surface area contributed by atoms with E-state index in [2.05, 4.69) is 15.7 Å². The number of hydrogen-bond donors (Lipinski definition) is 3. The Morgan fingerprint density at radius 1 is 1.48 bits per heavy atom. The number of halogens is 3. The molecule has 0 aliphatic heterocycles. The highest BCUT2D eigenvalue weighted by Gasteiger charge is 2.28. The maximum Gasteiger partial charge on any atom is 0.277 e. The van der Waals surface area contributed by atoms with Crippen LogP contribution in [0.2, 0.25) is 0 Å². The van der Waals surface area contributed by atoms with Crippen LogP contribution < -0.4 is 16.4 Å². The monoisotopic (exact) mass is 395 g/mol. The molecule has 0 saturated heterocycles. The standard InChI is InChI=1S/C14H19F2N5O2S.ClH/c1-7-9-4-10(24-13(9)21(3)20-7)12(23)19-8(2)11(22)18-6-14(15,16)5-17;/h4,8H,5-6,17H2,1-3H3,(H,18,22)(H,19,23);1H. The molecular weight excluding hydrogens is 376 g/mol. The number of amides is 2. The van der Waals surface area contributed by atoms with Crippen LogP contribution in [0.15, 0.2) is 6.07 Å². The predicted molar refractivity (Wildman–Crippen MR) is 94.5 cm³/mol. The Hall–Kier alpha value is -1.78. The van der Waals surface area contributed by atoms with E-state index in [0.717, 1.165) is 15.9 Å². The fraction of sp³-hybridized carbons (Fsp3) is 0.500. The van der Waals surface area contributed by atoms with E-state index in [9.17, 15) is 18.4 Å². The van der Waals surface area contributed by atoms with Gasteiger partial charge in [0.15, 0.2) is 0 Å². The maximum absolute atomic E-state index is 13.0. The average molecular weight is 396 g/mol. The van der Waals surface area contributed by atoms with Gasteiger partial charge in [-0.05, 0) is 19.9 Å². The summed E-state index contributed by atoms with van der Waals surface area (Å²) in [6.07, 6.45) is 0. The van der Waals surface area contributed by atoms with Gasteiger partial charge in [-0.3, -0.25) is 14.3 Å². The molecule has 0 saturated carbocycles. The third-order valence-corrected chi connectivity index (χ3v) is 4.68. The van der Waals surface area contributed by atoms with E-state index < -0.39 is 36.9 Å². The Bertz CT molecular complexity index is 742. The number of carbonyl (C=O) groups is 2. The van der Waals surface area contributed by atoms with Crippen molar-refractivity contribution in [1.29, 1.82) is 0 Å². The SMILES string of the molecule is Cc1nn(C)c2sc(C(=O)NC(C)C(=O)NCC(F)(F)CN)cc12.Cl. The normalized spacial score (nSPS) is 12.6. The van der Waals surface area contributed by atoms with Crippen molar-refractivity contribution in [1.82, 2.24) is 20.4 Å². The molecular formula is C14H20ClF2N5O2S. The number of nitrogens with two attached hydrogens (primary N) is 1. The summed E-state index contributed by atoms with van der Waals surface area (Å²) in [4.78, 5) is 25.3. The van der Waals surface area contributed by atoms with Gasteiger partial charge in [0.1, 0.15) is 10.9 Å². The van der Waals surface area contributed by atoms with Gasteiger partial charge in [0.05, 0.1) is 23.7 Å². The smallest absolute Gasteiger partial charge is 0.277 e. The molecule has 0 aliphatic carbocycles. The van der Waals surface area contributed by atoms with E-state index in [1.165, 1.54) is 18.3 Å². The second-order valence-electron chi connectivity index (χ2n) is 5.51. The van der Waals surface area contributed by atoms with Crippen molar-refractivity contribution in [2.75, 3.05) is 13.1 Å². The number of carbonyl (C=O) groups excluding carboxylic acids is 2. The third kappa shape index (κ3) is 4.86. The van der Waals surface area contributed by atoms with Crippen LogP contribution in [-0.4, -0.2) is 46.6 Å². The first-order chi connectivity index (χ1) is 11.1. The largest absolute Gasteiger partial charge is 0.348 e. The van der Waals surface area contributed by atoms with Crippen LogP contribution in [0, 0.1) is 6.92 Å². The van der Waals surface area contributed by atoms with E-state index in [-0.39, 0.29) is 12.4 Å². The highest BCUT2D eigenvalue weighted by atomic mass is 35.5. The van der Waals surface area contributed by atoms with Gasteiger partial charge in [0, 0.05) is 12.4 Å². The Morgan fingerprint density at radius 2 is 2.12 bits per heavy atom. The first-order valence-corrected chi connectivity index (χ1v) is 8.06. The summed E-state index contributed by atoms with van der Waals surface area (Å²) in [6.45, 7) is 1.54. The Balaban J connectivity index is 0.00000312. The molecule has 0 aliphatic rings. The van der Waals surface area contributed by atoms with Crippen molar-refractivity contribution in [3.05, 3.63) is 16.6 Å². The molecule has 2 aromatic heterocycles. The summed E-state index contributed by atoms with van der Waals surface area (Å²) < 4.78 is 27.7. The first kappa shape index (κ1) is 21.3. The molecule has 11 heteroatoms. The number of fused-ring (bicyclic) bond motifs is 1. The van der Waals surface area contributed by atoms with E-state index >= 15 is 0 Å². The van der Waals surface area contributed by atoms with Crippen molar-refractivity contribution in [3.63, 3.8) is 0 Å². The van der Waals surface area contributed by atoms with Crippen molar-refractivity contribution in [2.45, 2.75) is 25.8 Å². The van der Waals surface area contributed by atoms with Gasteiger partial charge in [-0.15, -0.1) is 23.7 Å². The van der Waals surface area contributed by atoms with Gasteiger partial charge >= 0.3 is 0 Å². The highest BCUT2D eigenvalue weighted by molar-refractivity contribution is 7.20. The van der Waals surface area contributed by atoms with E-state index in [1.807, 2.05) is 6.92 Å². The lowest BCUT2D eigenvalue weighted by molar-refractivity contribution is -0.124. The van der Waals surface area contributed by atoms with Crippen LogP contribution in [0.5, 0.6) is 0 Å². The molecule has 0 bridgehead atoms. The summed E-state index contributed by atoms with van der Waals surface area (Å²) in [7, 11) is 1.78. The summed E-state index contributed by atoms with van der Waals surface area (Å²) >= 11 is 1.25. The van der Waals surface area contributed by atoms with Crippen molar-refractivity contribution < 1.29 is 18.4 Å². The molecule has 0 radical (unpaired) electrons. The molecule has 4 N–H and O–H groups in total. The van der Waals surface area contributed by atoms with Crippen molar-refractivity contribution in [3.8, 4) is 0 Å². The minimum absolute atomic E-state index is 0. The Labute approximate surface area is 153 Å². The van der Waals surface area contributed by atoms with Crippen LogP contribution in [0.25, 0.3) is 10.2 Å². The quantitative estimate of drug-likeness (QED) is 0.683. The summed E-state index contributed by atoms with van der Waals surface area (Å²) in [6, 6.07) is 0.751. The highest BCUT2D eigenvalue weighted by Crippen LogP contribution is 2.27. The van der Waals surface area contributed by atoms with Crippen LogP contribution in [0.3, 0.4) is 0 Å².